The maximum absolute atomic E-state index is 11.1. The molecule has 12 nitrogen and oxygen atoms in total. The van der Waals surface area contributed by atoms with E-state index in [-0.39, 0.29) is 14.7 Å². The molecular weight excluding hydrogens is 697 g/mol. The SMILES string of the molecule is CC(=O)Nc1ncc(CN2CCOC[C@@H](Cc3cc(C)nc(C)c3)C2)s1.CC(=O)Nc1ncc(CN2CCOC[C@H](Cc3cc(C)nc(C)c3)C2)s1.[HH].[HH]. The van der Waals surface area contributed by atoms with Gasteiger partial charge in [-0.25, -0.2) is 9.97 Å². The summed E-state index contributed by atoms with van der Waals surface area (Å²) >= 11 is 3.07. The Kier molecular flexibility index (Phi) is 14.8. The van der Waals surface area contributed by atoms with Crippen LogP contribution in [-0.2, 0) is 45.0 Å². The quantitative estimate of drug-likeness (QED) is 0.196. The average molecular weight is 753 g/mol. The minimum absolute atomic E-state index is 0. The minimum Gasteiger partial charge on any atom is -0.380 e. The van der Waals surface area contributed by atoms with Gasteiger partial charge in [0.05, 0.1) is 26.4 Å². The van der Waals surface area contributed by atoms with Crippen LogP contribution >= 0.6 is 22.7 Å². The number of aryl methyl sites for hydroxylation is 4. The Morgan fingerprint density at radius 1 is 0.712 bits per heavy atom. The van der Waals surface area contributed by atoms with E-state index in [1.54, 1.807) is 0 Å². The lowest BCUT2D eigenvalue weighted by molar-refractivity contribution is -0.115. The number of amides is 2. The fourth-order valence-electron chi connectivity index (χ4n) is 6.80. The summed E-state index contributed by atoms with van der Waals surface area (Å²) in [6.07, 6.45) is 5.71. The predicted molar refractivity (Wildman–Crippen MR) is 211 cm³/mol. The van der Waals surface area contributed by atoms with Gasteiger partial charge in [0.2, 0.25) is 11.8 Å². The van der Waals surface area contributed by atoms with Gasteiger partial charge in [0.15, 0.2) is 10.3 Å². The summed E-state index contributed by atoms with van der Waals surface area (Å²) in [4.78, 5) is 46.9. The molecule has 14 heteroatoms. The van der Waals surface area contributed by atoms with E-state index in [2.05, 4.69) is 64.6 Å². The van der Waals surface area contributed by atoms with Crippen LogP contribution in [-0.4, -0.2) is 94.2 Å². The first-order valence-electron chi connectivity index (χ1n) is 17.9. The van der Waals surface area contributed by atoms with Gasteiger partial charge in [-0.3, -0.25) is 29.4 Å². The van der Waals surface area contributed by atoms with E-state index in [1.165, 1.54) is 47.6 Å². The number of pyridine rings is 2. The van der Waals surface area contributed by atoms with Crippen LogP contribution < -0.4 is 10.6 Å². The zero-order valence-corrected chi connectivity index (χ0v) is 32.9. The van der Waals surface area contributed by atoms with E-state index in [1.807, 2.05) is 40.1 Å². The number of rotatable bonds is 10. The summed E-state index contributed by atoms with van der Waals surface area (Å²) in [7, 11) is 0. The van der Waals surface area contributed by atoms with Gasteiger partial charge in [0.1, 0.15) is 0 Å². The molecule has 0 radical (unpaired) electrons. The van der Waals surface area contributed by atoms with Crippen LogP contribution in [0.15, 0.2) is 36.7 Å². The number of hydrogen-bond donors (Lipinski definition) is 2. The van der Waals surface area contributed by atoms with Crippen molar-refractivity contribution in [3.63, 3.8) is 0 Å². The largest absolute Gasteiger partial charge is 0.380 e. The van der Waals surface area contributed by atoms with E-state index in [0.29, 0.717) is 22.1 Å². The number of anilines is 2. The van der Waals surface area contributed by atoms with Gasteiger partial charge in [-0.2, -0.15) is 0 Å². The lowest BCUT2D eigenvalue weighted by Gasteiger charge is -2.22. The molecule has 4 aromatic rings. The first kappa shape index (κ1) is 39.5. The highest BCUT2D eigenvalue weighted by Crippen LogP contribution is 2.24. The van der Waals surface area contributed by atoms with Crippen molar-refractivity contribution in [1.82, 2.24) is 29.7 Å². The summed E-state index contributed by atoms with van der Waals surface area (Å²) < 4.78 is 11.7. The molecule has 2 saturated heterocycles. The van der Waals surface area contributed by atoms with Gasteiger partial charge in [0.25, 0.3) is 0 Å². The maximum Gasteiger partial charge on any atom is 0.223 e. The zero-order chi connectivity index (χ0) is 37.0. The highest BCUT2D eigenvalue weighted by atomic mass is 32.1. The minimum atomic E-state index is -0.0860. The number of carbonyl (C=O) groups is 2. The van der Waals surface area contributed by atoms with Crippen molar-refractivity contribution in [3.8, 4) is 0 Å². The lowest BCUT2D eigenvalue weighted by atomic mass is 9.99. The Morgan fingerprint density at radius 2 is 1.10 bits per heavy atom. The highest BCUT2D eigenvalue weighted by Gasteiger charge is 2.22. The fraction of sp³-hybridized carbons (Fsp3) is 0.526. The zero-order valence-electron chi connectivity index (χ0n) is 31.2. The van der Waals surface area contributed by atoms with Crippen LogP contribution in [0.5, 0.6) is 0 Å². The van der Waals surface area contributed by atoms with E-state index in [0.717, 1.165) is 111 Å². The molecule has 2 aliphatic heterocycles. The standard InChI is InChI=1S/2C19H26N4O2S.2H2/c2*1-13-6-16(7-14(2)21-13)8-17-10-23(4-5-25-12-17)11-18-9-20-19(26-18)22-15(3)24;;/h2*6-7,9,17H,4-5,8,10-12H2,1-3H3,(H,20,22,24);2*1H/t2*17-;;/m10../s1. The number of nitrogens with one attached hydrogen (secondary N) is 2. The van der Waals surface area contributed by atoms with Gasteiger partial charge in [0, 0.05) is 101 Å². The van der Waals surface area contributed by atoms with Crippen LogP contribution in [0.25, 0.3) is 0 Å². The second-order valence-electron chi connectivity index (χ2n) is 13.9. The summed E-state index contributed by atoms with van der Waals surface area (Å²) in [6.45, 7) is 19.8. The number of ether oxygens (including phenoxy) is 2. The molecule has 2 atom stereocenters. The van der Waals surface area contributed by atoms with Crippen molar-refractivity contribution in [1.29, 1.82) is 0 Å². The van der Waals surface area contributed by atoms with Crippen LogP contribution in [0.3, 0.4) is 0 Å². The summed E-state index contributed by atoms with van der Waals surface area (Å²) in [5.74, 6) is 0.747. The number of nitrogens with zero attached hydrogens (tertiary/aromatic N) is 6. The molecule has 2 N–H and O–H groups in total. The number of carbonyl (C=O) groups excluding carboxylic acids is 2. The Hall–Kier alpha value is -3.66. The van der Waals surface area contributed by atoms with Gasteiger partial charge >= 0.3 is 0 Å². The molecule has 52 heavy (non-hydrogen) atoms. The lowest BCUT2D eigenvalue weighted by Crippen LogP contribution is -2.30. The predicted octanol–water partition coefficient (Wildman–Crippen LogP) is 6.10. The highest BCUT2D eigenvalue weighted by molar-refractivity contribution is 7.16. The molecule has 2 amide bonds. The summed E-state index contributed by atoms with van der Waals surface area (Å²) in [5, 5.41) is 6.82. The molecule has 284 valence electrons. The second kappa shape index (κ2) is 19.4. The molecule has 4 aromatic heterocycles. The summed E-state index contributed by atoms with van der Waals surface area (Å²) in [6, 6.07) is 8.69. The molecule has 0 saturated carbocycles. The Bertz CT molecular complexity index is 1620. The van der Waals surface area contributed by atoms with E-state index in [9.17, 15) is 9.59 Å². The molecule has 0 aromatic carbocycles. The molecule has 2 fully saturated rings. The first-order chi connectivity index (χ1) is 24.9. The van der Waals surface area contributed by atoms with E-state index < -0.39 is 0 Å². The monoisotopic (exact) mass is 752 g/mol. The van der Waals surface area contributed by atoms with E-state index in [4.69, 9.17) is 9.47 Å². The van der Waals surface area contributed by atoms with Crippen molar-refractivity contribution >= 4 is 44.8 Å². The number of thiazole rings is 2. The molecule has 0 bridgehead atoms. The molecule has 0 aliphatic carbocycles. The molecule has 6 heterocycles. The second-order valence-corrected chi connectivity index (χ2v) is 16.1. The van der Waals surface area contributed by atoms with Crippen LogP contribution in [0, 0.1) is 39.5 Å². The Morgan fingerprint density at radius 3 is 1.46 bits per heavy atom. The van der Waals surface area contributed by atoms with Gasteiger partial charge in [-0.1, -0.05) is 0 Å². The average Bonchev–Trinajstić information content (AvgIpc) is 3.52. The topological polar surface area (TPSA) is 135 Å². The van der Waals surface area contributed by atoms with Gasteiger partial charge in [-0.15, -0.1) is 22.7 Å². The maximum atomic E-state index is 11.1. The third kappa shape index (κ3) is 13.4. The first-order valence-corrected chi connectivity index (χ1v) is 19.5. The smallest absolute Gasteiger partial charge is 0.223 e. The van der Waals surface area contributed by atoms with Crippen LogP contribution in [0.2, 0.25) is 0 Å². The van der Waals surface area contributed by atoms with Gasteiger partial charge in [-0.05, 0) is 87.8 Å². The third-order valence-corrected chi connectivity index (χ3v) is 10.4. The molecular formula is C38H56N8O4S2. The van der Waals surface area contributed by atoms with Crippen molar-refractivity contribution in [2.75, 3.05) is 63.2 Å². The normalized spacial score (nSPS) is 18.5. The molecule has 2 aliphatic rings. The molecule has 6 rings (SSSR count). The van der Waals surface area contributed by atoms with Crippen molar-refractivity contribution in [2.24, 2.45) is 11.8 Å². The number of aromatic nitrogens is 4. The van der Waals surface area contributed by atoms with Gasteiger partial charge < -0.3 is 20.1 Å². The Labute approximate surface area is 318 Å². The van der Waals surface area contributed by atoms with Crippen LogP contribution in [0.1, 0.15) is 60.4 Å². The molecule has 0 unspecified atom stereocenters. The van der Waals surface area contributed by atoms with Crippen LogP contribution in [0.4, 0.5) is 10.3 Å². The van der Waals surface area contributed by atoms with Crippen molar-refractivity contribution < 1.29 is 21.9 Å². The number of hydrogen-bond acceptors (Lipinski definition) is 12. The van der Waals surface area contributed by atoms with Crippen molar-refractivity contribution in [2.45, 2.75) is 67.5 Å². The Balaban J connectivity index is 0.000000280. The fourth-order valence-corrected chi connectivity index (χ4v) is 8.60. The molecule has 0 spiro atoms. The summed E-state index contributed by atoms with van der Waals surface area (Å²) in [5.41, 5.74) is 6.94. The third-order valence-electron chi connectivity index (χ3n) is 8.61. The van der Waals surface area contributed by atoms with E-state index >= 15 is 0 Å². The van der Waals surface area contributed by atoms with Crippen molar-refractivity contribution in [3.05, 3.63) is 80.3 Å².